The predicted molar refractivity (Wildman–Crippen MR) is 131 cm³/mol. The fourth-order valence-electron chi connectivity index (χ4n) is 4.69. The van der Waals surface area contributed by atoms with Crippen molar-refractivity contribution in [1.82, 2.24) is 0 Å². The normalized spacial score (nSPS) is 18.6. The molecule has 0 radical (unpaired) electrons. The molecule has 0 saturated heterocycles. The molecule has 0 amide bonds. The van der Waals surface area contributed by atoms with Gasteiger partial charge in [0.1, 0.15) is 0 Å². The van der Waals surface area contributed by atoms with Crippen molar-refractivity contribution in [2.24, 2.45) is 5.92 Å². The lowest BCUT2D eigenvalue weighted by Gasteiger charge is -2.26. The van der Waals surface area contributed by atoms with E-state index in [1.807, 2.05) is 0 Å². The molecular formula is C30H40. The average molecular weight is 401 g/mol. The lowest BCUT2D eigenvalue weighted by atomic mass is 9.78. The number of rotatable bonds is 9. The van der Waals surface area contributed by atoms with Crippen molar-refractivity contribution >= 4 is 0 Å². The Morgan fingerprint density at radius 1 is 0.667 bits per heavy atom. The minimum absolute atomic E-state index is 0.568. The summed E-state index contributed by atoms with van der Waals surface area (Å²) in [4.78, 5) is 0. The smallest absolute Gasteiger partial charge is 0.0245 e. The third-order valence-electron chi connectivity index (χ3n) is 6.66. The van der Waals surface area contributed by atoms with E-state index < -0.39 is 0 Å². The Morgan fingerprint density at radius 3 is 1.97 bits per heavy atom. The number of hydrogen-bond donors (Lipinski definition) is 0. The van der Waals surface area contributed by atoms with Gasteiger partial charge in [0.05, 0.1) is 0 Å². The monoisotopic (exact) mass is 400 g/mol. The molecule has 1 saturated carbocycles. The molecule has 0 heterocycles. The number of aryl methyl sites for hydroxylation is 2. The minimum atomic E-state index is 0.568. The van der Waals surface area contributed by atoms with Crippen LogP contribution in [0.1, 0.15) is 106 Å². The van der Waals surface area contributed by atoms with E-state index in [9.17, 15) is 0 Å². The van der Waals surface area contributed by atoms with Crippen LogP contribution in [0.2, 0.25) is 0 Å². The molecule has 1 fully saturated rings. The predicted octanol–water partition coefficient (Wildman–Crippen LogP) is 8.48. The van der Waals surface area contributed by atoms with Crippen LogP contribution in [0.25, 0.3) is 0 Å². The average Bonchev–Trinajstić information content (AvgIpc) is 2.79. The van der Waals surface area contributed by atoms with Gasteiger partial charge in [0.25, 0.3) is 0 Å². The number of benzene rings is 2. The van der Waals surface area contributed by atoms with Gasteiger partial charge in [-0.1, -0.05) is 94.2 Å². The van der Waals surface area contributed by atoms with Crippen LogP contribution in [0, 0.1) is 17.8 Å². The summed E-state index contributed by atoms with van der Waals surface area (Å²) in [7, 11) is 0. The van der Waals surface area contributed by atoms with Crippen LogP contribution in [0.15, 0.2) is 48.5 Å². The maximum atomic E-state index is 3.57. The third-order valence-corrected chi connectivity index (χ3v) is 6.66. The molecule has 0 unspecified atom stereocenters. The summed E-state index contributed by atoms with van der Waals surface area (Å²) in [6.07, 6.45) is 15.4. The SMILES string of the molecule is CCCCCCCc1ccc(C#CC2CCC(c3ccc(CCC)cc3)CC2)cc1. The van der Waals surface area contributed by atoms with Gasteiger partial charge in [0, 0.05) is 11.5 Å². The molecule has 160 valence electrons. The molecule has 2 aromatic carbocycles. The first-order chi connectivity index (χ1) is 14.8. The van der Waals surface area contributed by atoms with E-state index in [0.29, 0.717) is 5.92 Å². The summed E-state index contributed by atoms with van der Waals surface area (Å²) in [5.74, 6) is 8.32. The highest BCUT2D eigenvalue weighted by molar-refractivity contribution is 5.37. The van der Waals surface area contributed by atoms with Crippen LogP contribution >= 0.6 is 0 Å². The van der Waals surface area contributed by atoms with Gasteiger partial charge in [-0.2, -0.15) is 0 Å². The van der Waals surface area contributed by atoms with Crippen molar-refractivity contribution in [3.8, 4) is 11.8 Å². The van der Waals surface area contributed by atoms with Crippen LogP contribution in [0.5, 0.6) is 0 Å². The molecule has 0 N–H and O–H groups in total. The Balaban J connectivity index is 1.43. The van der Waals surface area contributed by atoms with Gasteiger partial charge < -0.3 is 0 Å². The molecule has 0 heteroatoms. The quantitative estimate of drug-likeness (QED) is 0.292. The molecule has 0 aromatic heterocycles. The summed E-state index contributed by atoms with van der Waals surface area (Å²) in [5.41, 5.74) is 5.65. The zero-order chi connectivity index (χ0) is 21.0. The van der Waals surface area contributed by atoms with Crippen LogP contribution in [0.3, 0.4) is 0 Å². The summed E-state index contributed by atoms with van der Waals surface area (Å²) in [6, 6.07) is 18.4. The maximum Gasteiger partial charge on any atom is 0.0245 e. The third kappa shape index (κ3) is 7.36. The number of hydrogen-bond acceptors (Lipinski definition) is 0. The van der Waals surface area contributed by atoms with E-state index in [4.69, 9.17) is 0 Å². The topological polar surface area (TPSA) is 0 Å². The van der Waals surface area contributed by atoms with Gasteiger partial charge in [-0.15, -0.1) is 0 Å². The highest BCUT2D eigenvalue weighted by Gasteiger charge is 2.21. The first-order valence-electron chi connectivity index (χ1n) is 12.5. The first kappa shape index (κ1) is 22.7. The highest BCUT2D eigenvalue weighted by atomic mass is 14.2. The summed E-state index contributed by atoms with van der Waals surface area (Å²) < 4.78 is 0. The molecule has 0 aliphatic heterocycles. The van der Waals surface area contributed by atoms with Crippen LogP contribution < -0.4 is 0 Å². The van der Waals surface area contributed by atoms with E-state index in [1.54, 1.807) is 0 Å². The van der Waals surface area contributed by atoms with Gasteiger partial charge in [0.15, 0.2) is 0 Å². The van der Waals surface area contributed by atoms with Crippen molar-refractivity contribution in [3.05, 3.63) is 70.8 Å². The van der Waals surface area contributed by atoms with Crippen LogP contribution in [-0.4, -0.2) is 0 Å². The minimum Gasteiger partial charge on any atom is -0.0945 e. The van der Waals surface area contributed by atoms with Crippen molar-refractivity contribution in [2.75, 3.05) is 0 Å². The second kappa shape index (κ2) is 12.6. The highest BCUT2D eigenvalue weighted by Crippen LogP contribution is 2.35. The molecule has 1 aliphatic carbocycles. The molecule has 0 atom stereocenters. The van der Waals surface area contributed by atoms with Gasteiger partial charge in [0.2, 0.25) is 0 Å². The van der Waals surface area contributed by atoms with Crippen molar-refractivity contribution in [3.63, 3.8) is 0 Å². The Morgan fingerprint density at radius 2 is 1.30 bits per heavy atom. The van der Waals surface area contributed by atoms with E-state index in [0.717, 1.165) is 5.92 Å². The molecule has 1 aliphatic rings. The lowest BCUT2D eigenvalue weighted by molar-refractivity contribution is 0.384. The Bertz CT molecular complexity index is 777. The van der Waals surface area contributed by atoms with E-state index >= 15 is 0 Å². The largest absolute Gasteiger partial charge is 0.0945 e. The second-order valence-corrected chi connectivity index (χ2v) is 9.17. The van der Waals surface area contributed by atoms with E-state index in [-0.39, 0.29) is 0 Å². The Kier molecular flexibility index (Phi) is 9.56. The van der Waals surface area contributed by atoms with E-state index in [2.05, 4.69) is 74.2 Å². The molecular weight excluding hydrogens is 360 g/mol. The molecule has 0 nitrogen and oxygen atoms in total. The fourth-order valence-corrected chi connectivity index (χ4v) is 4.69. The summed E-state index contributed by atoms with van der Waals surface area (Å²) in [5, 5.41) is 0. The Labute approximate surface area is 185 Å². The zero-order valence-electron chi connectivity index (χ0n) is 19.3. The fraction of sp³-hybridized carbons (Fsp3) is 0.533. The Hall–Kier alpha value is -2.00. The van der Waals surface area contributed by atoms with Gasteiger partial charge in [-0.25, -0.2) is 0 Å². The van der Waals surface area contributed by atoms with Crippen molar-refractivity contribution < 1.29 is 0 Å². The standard InChI is InChI=1S/C30H40/c1-3-5-6-7-8-10-26-11-13-27(14-12-26)15-16-28-19-23-30(24-20-28)29-21-17-25(9-4-2)18-22-29/h11-14,17-18,21-22,28,30H,3-10,19-20,23-24H2,1-2H3. The van der Waals surface area contributed by atoms with Crippen molar-refractivity contribution in [2.45, 2.75) is 96.8 Å². The molecule has 0 bridgehead atoms. The molecule has 0 spiro atoms. The second-order valence-electron chi connectivity index (χ2n) is 9.17. The van der Waals surface area contributed by atoms with Crippen LogP contribution in [0.4, 0.5) is 0 Å². The molecule has 3 rings (SSSR count). The summed E-state index contributed by atoms with van der Waals surface area (Å²) >= 11 is 0. The van der Waals surface area contributed by atoms with Crippen LogP contribution in [-0.2, 0) is 12.8 Å². The van der Waals surface area contributed by atoms with Crippen molar-refractivity contribution in [1.29, 1.82) is 0 Å². The van der Waals surface area contributed by atoms with E-state index in [1.165, 1.54) is 99.3 Å². The van der Waals surface area contributed by atoms with Gasteiger partial charge >= 0.3 is 0 Å². The number of unbranched alkanes of at least 4 members (excludes halogenated alkanes) is 4. The zero-order valence-corrected chi connectivity index (χ0v) is 19.3. The molecule has 30 heavy (non-hydrogen) atoms. The molecule has 2 aromatic rings. The van der Waals surface area contributed by atoms with Gasteiger partial charge in [-0.05, 0) is 79.7 Å². The lowest BCUT2D eigenvalue weighted by Crippen LogP contribution is -2.12. The maximum absolute atomic E-state index is 3.57. The summed E-state index contributed by atoms with van der Waals surface area (Å²) in [6.45, 7) is 4.53. The first-order valence-corrected chi connectivity index (χ1v) is 12.5. The van der Waals surface area contributed by atoms with Gasteiger partial charge in [-0.3, -0.25) is 0 Å².